The van der Waals surface area contributed by atoms with Crippen molar-refractivity contribution < 1.29 is 14.4 Å². The van der Waals surface area contributed by atoms with E-state index in [9.17, 15) is 5.11 Å². The summed E-state index contributed by atoms with van der Waals surface area (Å²) >= 11 is 0. The predicted octanol–water partition coefficient (Wildman–Crippen LogP) is 3.00. The van der Waals surface area contributed by atoms with Crippen LogP contribution in [-0.2, 0) is 9.31 Å². The molecule has 1 saturated heterocycles. The average molecular weight is 302 g/mol. The monoisotopic (exact) mass is 302 g/mol. The first-order chi connectivity index (χ1) is 10.3. The lowest BCUT2D eigenvalue weighted by Gasteiger charge is -2.32. The molecular weight excluding hydrogens is 275 g/mol. The number of benzene rings is 1. The first-order valence-electron chi connectivity index (χ1n) is 8.42. The quantitative estimate of drug-likeness (QED) is 0.854. The zero-order valence-corrected chi connectivity index (χ0v) is 14.1. The third kappa shape index (κ3) is 2.97. The van der Waals surface area contributed by atoms with E-state index in [4.69, 9.17) is 9.31 Å². The van der Waals surface area contributed by atoms with Crippen LogP contribution in [0.15, 0.2) is 24.3 Å². The van der Waals surface area contributed by atoms with Gasteiger partial charge < -0.3 is 14.4 Å². The molecule has 22 heavy (non-hydrogen) atoms. The van der Waals surface area contributed by atoms with Crippen LogP contribution in [0, 0.1) is 0 Å². The standard InChI is InChI=1S/C18H27BO3/c1-17(2)18(3,4)22-19(21-17)15-9-5-13(6-10-15)14-7-11-16(20)12-8-14/h5-6,9-10,14,16,20H,7-8,11-12H2,1-4H3/t14-,16-. The van der Waals surface area contributed by atoms with Gasteiger partial charge >= 0.3 is 7.12 Å². The van der Waals surface area contributed by atoms with Gasteiger partial charge in [-0.05, 0) is 70.3 Å². The fraction of sp³-hybridized carbons (Fsp3) is 0.667. The van der Waals surface area contributed by atoms with E-state index >= 15 is 0 Å². The lowest BCUT2D eigenvalue weighted by molar-refractivity contribution is 0.00578. The SMILES string of the molecule is CC1(C)OB(c2ccc([C@H]3CC[C@H](O)CC3)cc2)OC1(C)C. The zero-order chi connectivity index (χ0) is 16.0. The second-order valence-electron chi connectivity index (χ2n) is 7.76. The van der Waals surface area contributed by atoms with E-state index in [1.54, 1.807) is 0 Å². The molecule has 1 aromatic rings. The highest BCUT2D eigenvalue weighted by Gasteiger charge is 2.51. The highest BCUT2D eigenvalue weighted by atomic mass is 16.7. The van der Waals surface area contributed by atoms with Crippen LogP contribution in [0.2, 0.25) is 0 Å². The molecule has 4 heteroatoms. The van der Waals surface area contributed by atoms with Crippen LogP contribution in [0.3, 0.4) is 0 Å². The van der Waals surface area contributed by atoms with Crippen LogP contribution in [0.1, 0.15) is 64.9 Å². The molecule has 1 aliphatic carbocycles. The molecule has 1 N–H and O–H groups in total. The van der Waals surface area contributed by atoms with Crippen molar-refractivity contribution in [3.05, 3.63) is 29.8 Å². The largest absolute Gasteiger partial charge is 0.494 e. The molecule has 0 amide bonds. The topological polar surface area (TPSA) is 38.7 Å². The van der Waals surface area contributed by atoms with Gasteiger partial charge in [-0.2, -0.15) is 0 Å². The Morgan fingerprint density at radius 3 is 1.91 bits per heavy atom. The number of hydrogen-bond acceptors (Lipinski definition) is 3. The number of rotatable bonds is 2. The summed E-state index contributed by atoms with van der Waals surface area (Å²) in [5.74, 6) is 0.579. The molecule has 1 saturated carbocycles. The average Bonchev–Trinajstić information content (AvgIpc) is 2.68. The van der Waals surface area contributed by atoms with E-state index in [2.05, 4.69) is 52.0 Å². The minimum absolute atomic E-state index is 0.0970. The molecule has 0 bridgehead atoms. The van der Waals surface area contributed by atoms with E-state index < -0.39 is 0 Å². The lowest BCUT2D eigenvalue weighted by Crippen LogP contribution is -2.41. The van der Waals surface area contributed by atoms with Crippen molar-refractivity contribution in [1.29, 1.82) is 0 Å². The maximum atomic E-state index is 9.63. The predicted molar refractivity (Wildman–Crippen MR) is 89.4 cm³/mol. The molecular formula is C18H27BO3. The smallest absolute Gasteiger partial charge is 0.399 e. The summed E-state index contributed by atoms with van der Waals surface area (Å²) in [7, 11) is -0.285. The molecule has 0 unspecified atom stereocenters. The van der Waals surface area contributed by atoms with Gasteiger partial charge in [-0.15, -0.1) is 0 Å². The molecule has 2 fully saturated rings. The van der Waals surface area contributed by atoms with Gasteiger partial charge in [0.1, 0.15) is 0 Å². The van der Waals surface area contributed by atoms with Gasteiger partial charge in [0.05, 0.1) is 17.3 Å². The minimum Gasteiger partial charge on any atom is -0.399 e. The fourth-order valence-corrected chi connectivity index (χ4v) is 3.31. The van der Waals surface area contributed by atoms with Crippen LogP contribution in [0.4, 0.5) is 0 Å². The van der Waals surface area contributed by atoms with E-state index in [0.717, 1.165) is 31.1 Å². The number of aliphatic hydroxyl groups excluding tert-OH is 1. The molecule has 120 valence electrons. The maximum Gasteiger partial charge on any atom is 0.494 e. The first-order valence-corrected chi connectivity index (χ1v) is 8.42. The van der Waals surface area contributed by atoms with Gasteiger partial charge in [0.25, 0.3) is 0 Å². The van der Waals surface area contributed by atoms with Gasteiger partial charge in [0, 0.05) is 0 Å². The molecule has 0 atom stereocenters. The Labute approximate surface area is 134 Å². The van der Waals surface area contributed by atoms with Crippen molar-refractivity contribution in [2.45, 2.75) is 76.6 Å². The van der Waals surface area contributed by atoms with Gasteiger partial charge in [-0.1, -0.05) is 24.3 Å². The van der Waals surface area contributed by atoms with Gasteiger partial charge in [0.15, 0.2) is 0 Å². The van der Waals surface area contributed by atoms with Crippen molar-refractivity contribution in [1.82, 2.24) is 0 Å². The summed E-state index contributed by atoms with van der Waals surface area (Å²) in [6.45, 7) is 8.31. The third-order valence-electron chi connectivity index (χ3n) is 5.63. The lowest BCUT2D eigenvalue weighted by atomic mass is 9.77. The van der Waals surface area contributed by atoms with Crippen molar-refractivity contribution >= 4 is 12.6 Å². The van der Waals surface area contributed by atoms with Crippen LogP contribution < -0.4 is 5.46 Å². The summed E-state index contributed by atoms with van der Waals surface area (Å²) in [5.41, 5.74) is 1.86. The van der Waals surface area contributed by atoms with Crippen LogP contribution in [-0.4, -0.2) is 29.5 Å². The zero-order valence-electron chi connectivity index (χ0n) is 14.1. The Hall–Kier alpha value is -0.835. The molecule has 0 spiro atoms. The fourth-order valence-electron chi connectivity index (χ4n) is 3.31. The van der Waals surface area contributed by atoms with Crippen molar-refractivity contribution in [2.24, 2.45) is 0 Å². The summed E-state index contributed by atoms with van der Waals surface area (Å²) < 4.78 is 12.2. The first kappa shape index (κ1) is 16.0. The third-order valence-corrected chi connectivity index (χ3v) is 5.63. The van der Waals surface area contributed by atoms with Crippen molar-refractivity contribution in [3.63, 3.8) is 0 Å². The van der Waals surface area contributed by atoms with Gasteiger partial charge in [0.2, 0.25) is 0 Å². The second-order valence-corrected chi connectivity index (χ2v) is 7.76. The van der Waals surface area contributed by atoms with E-state index in [-0.39, 0.29) is 24.4 Å². The normalized spacial score (nSPS) is 30.5. The van der Waals surface area contributed by atoms with Crippen LogP contribution in [0.5, 0.6) is 0 Å². The van der Waals surface area contributed by atoms with E-state index in [0.29, 0.717) is 5.92 Å². The summed E-state index contributed by atoms with van der Waals surface area (Å²) in [6, 6.07) is 8.65. The minimum atomic E-state index is -0.296. The second kappa shape index (κ2) is 5.66. The molecule has 0 radical (unpaired) electrons. The molecule has 1 heterocycles. The van der Waals surface area contributed by atoms with Crippen molar-refractivity contribution in [3.8, 4) is 0 Å². The highest BCUT2D eigenvalue weighted by Crippen LogP contribution is 2.37. The maximum absolute atomic E-state index is 9.63. The van der Waals surface area contributed by atoms with Gasteiger partial charge in [-0.3, -0.25) is 0 Å². The summed E-state index contributed by atoms with van der Waals surface area (Å²) in [6.07, 6.45) is 3.90. The van der Waals surface area contributed by atoms with E-state index in [1.165, 1.54) is 5.56 Å². The Morgan fingerprint density at radius 1 is 0.909 bits per heavy atom. The van der Waals surface area contributed by atoms with Crippen LogP contribution in [0.25, 0.3) is 0 Å². The highest BCUT2D eigenvalue weighted by molar-refractivity contribution is 6.62. The molecule has 1 aromatic carbocycles. The van der Waals surface area contributed by atoms with E-state index in [1.807, 2.05) is 0 Å². The number of aliphatic hydroxyl groups is 1. The Morgan fingerprint density at radius 2 is 1.41 bits per heavy atom. The molecule has 3 rings (SSSR count). The Kier molecular flexibility index (Phi) is 4.13. The molecule has 3 nitrogen and oxygen atoms in total. The Balaban J connectivity index is 1.70. The van der Waals surface area contributed by atoms with Crippen LogP contribution >= 0.6 is 0 Å². The van der Waals surface area contributed by atoms with Crippen molar-refractivity contribution in [2.75, 3.05) is 0 Å². The van der Waals surface area contributed by atoms with Gasteiger partial charge in [-0.25, -0.2) is 0 Å². The Bertz CT molecular complexity index is 500. The summed E-state index contributed by atoms with van der Waals surface area (Å²) in [5, 5.41) is 9.63. The molecule has 1 aliphatic heterocycles. The molecule has 2 aliphatic rings. The number of hydrogen-bond donors (Lipinski definition) is 1. The summed E-state index contributed by atoms with van der Waals surface area (Å²) in [4.78, 5) is 0. The molecule has 0 aromatic heterocycles.